The Bertz CT molecular complexity index is 1310. The van der Waals surface area contributed by atoms with Gasteiger partial charge in [0, 0.05) is 43.2 Å². The van der Waals surface area contributed by atoms with E-state index in [0.717, 1.165) is 54.9 Å². The van der Waals surface area contributed by atoms with Crippen LogP contribution < -0.4 is 4.90 Å². The van der Waals surface area contributed by atoms with Gasteiger partial charge >= 0.3 is 6.18 Å². The monoisotopic (exact) mass is 574 g/mol. The Morgan fingerprint density at radius 1 is 1.02 bits per heavy atom. The number of thiazole rings is 1. The maximum atomic E-state index is 13.2. The summed E-state index contributed by atoms with van der Waals surface area (Å²) in [5.74, 6) is -0.256. The summed E-state index contributed by atoms with van der Waals surface area (Å²) in [5.41, 5.74) is 1.13. The molecule has 0 radical (unpaired) electrons. The van der Waals surface area contributed by atoms with Gasteiger partial charge in [0.05, 0.1) is 16.6 Å². The molecule has 212 valence electrons. The summed E-state index contributed by atoms with van der Waals surface area (Å²) in [6.07, 6.45) is -1.26. The van der Waals surface area contributed by atoms with E-state index in [1.165, 1.54) is 29.5 Å². The number of carbonyl (C=O) groups excluding carboxylic acids is 2. The largest absolute Gasteiger partial charge is 0.416 e. The molecule has 1 aromatic heterocycles. The van der Waals surface area contributed by atoms with Crippen molar-refractivity contribution in [1.82, 2.24) is 14.8 Å². The van der Waals surface area contributed by atoms with Crippen LogP contribution in [0.1, 0.15) is 45.4 Å². The first-order valence-corrected chi connectivity index (χ1v) is 14.2. The van der Waals surface area contributed by atoms with Crippen LogP contribution in [0.2, 0.25) is 0 Å². The van der Waals surface area contributed by atoms with Crippen molar-refractivity contribution in [3.63, 3.8) is 0 Å². The van der Waals surface area contributed by atoms with Gasteiger partial charge in [-0.25, -0.2) is 9.37 Å². The maximum absolute atomic E-state index is 13.2. The third-order valence-electron chi connectivity index (χ3n) is 7.71. The number of piperazine rings is 1. The Morgan fingerprint density at radius 2 is 1.73 bits per heavy atom. The second-order valence-corrected chi connectivity index (χ2v) is 11.1. The summed E-state index contributed by atoms with van der Waals surface area (Å²) < 4.78 is 52.5. The number of halogens is 4. The zero-order valence-electron chi connectivity index (χ0n) is 21.8. The van der Waals surface area contributed by atoms with E-state index in [2.05, 4.69) is 9.88 Å². The van der Waals surface area contributed by atoms with Gasteiger partial charge in [0.25, 0.3) is 5.91 Å². The number of carbonyl (C=O) groups is 2. The molecule has 1 amide bonds. The Balaban J connectivity index is 1.13. The predicted octanol–water partition coefficient (Wildman–Crippen LogP) is 5.25. The molecular formula is C29H30F4N4O2S. The number of nitrogens with zero attached hydrogens (tertiary/aromatic N) is 4. The summed E-state index contributed by atoms with van der Waals surface area (Å²) >= 11 is 1.47. The smallest absolute Gasteiger partial charge is 0.368 e. The molecule has 1 unspecified atom stereocenters. The Morgan fingerprint density at radius 3 is 2.38 bits per heavy atom. The van der Waals surface area contributed by atoms with Crippen molar-refractivity contribution in [1.29, 1.82) is 0 Å². The standard InChI is InChI=1S/C29H30F4N4O2S/c30-23-6-4-20(5-7-23)16-25(18-38)35-10-8-21(9-11-35)27-34-26(19-40-27)28(39)37-14-12-36(13-15-37)24-3-1-2-22(17-24)29(31,32)33/h1-7,17-19,21,25H,8-16H2. The van der Waals surface area contributed by atoms with Gasteiger partial charge in [0.15, 0.2) is 0 Å². The number of likely N-dealkylation sites (tertiary alicyclic amines) is 1. The van der Waals surface area contributed by atoms with E-state index in [-0.39, 0.29) is 23.7 Å². The van der Waals surface area contributed by atoms with Gasteiger partial charge in [-0.2, -0.15) is 13.2 Å². The van der Waals surface area contributed by atoms with E-state index >= 15 is 0 Å². The van der Waals surface area contributed by atoms with Crippen molar-refractivity contribution in [3.8, 4) is 0 Å². The highest BCUT2D eigenvalue weighted by Crippen LogP contribution is 2.33. The van der Waals surface area contributed by atoms with E-state index in [0.29, 0.717) is 44.0 Å². The number of hydrogen-bond donors (Lipinski definition) is 0. The fourth-order valence-electron chi connectivity index (χ4n) is 5.39. The molecule has 2 aliphatic rings. The van der Waals surface area contributed by atoms with Crippen LogP contribution >= 0.6 is 11.3 Å². The molecule has 11 heteroatoms. The SMILES string of the molecule is O=CC(Cc1ccc(F)cc1)N1CCC(c2nc(C(=O)N3CCN(c4cccc(C(F)(F)F)c4)CC3)cs2)CC1. The van der Waals surface area contributed by atoms with Crippen LogP contribution in [0.5, 0.6) is 0 Å². The van der Waals surface area contributed by atoms with E-state index < -0.39 is 11.7 Å². The average Bonchev–Trinajstić information content (AvgIpc) is 3.47. The van der Waals surface area contributed by atoms with Gasteiger partial charge in [-0.3, -0.25) is 9.69 Å². The molecule has 0 spiro atoms. The number of aromatic nitrogens is 1. The molecule has 0 N–H and O–H groups in total. The van der Waals surface area contributed by atoms with Crippen molar-refractivity contribution < 1.29 is 27.2 Å². The Labute approximate surface area is 234 Å². The van der Waals surface area contributed by atoms with Crippen LogP contribution in [0, 0.1) is 5.82 Å². The molecule has 0 bridgehead atoms. The maximum Gasteiger partial charge on any atom is 0.416 e. The molecule has 3 aromatic rings. The number of rotatable bonds is 7. The van der Waals surface area contributed by atoms with Crippen LogP contribution in [0.15, 0.2) is 53.9 Å². The van der Waals surface area contributed by atoms with Gasteiger partial charge in [0.1, 0.15) is 17.8 Å². The third kappa shape index (κ3) is 6.52. The number of amides is 1. The summed E-state index contributed by atoms with van der Waals surface area (Å²) in [5, 5.41) is 2.69. The number of alkyl halides is 3. The Hall–Kier alpha value is -3.31. The average molecular weight is 575 g/mol. The van der Waals surface area contributed by atoms with E-state index in [4.69, 9.17) is 0 Å². The molecule has 6 nitrogen and oxygen atoms in total. The molecule has 2 saturated heterocycles. The van der Waals surface area contributed by atoms with Crippen LogP contribution in [-0.4, -0.2) is 72.3 Å². The van der Waals surface area contributed by atoms with Gasteiger partial charge < -0.3 is 14.6 Å². The van der Waals surface area contributed by atoms with Crippen molar-refractivity contribution in [3.05, 3.63) is 81.6 Å². The minimum Gasteiger partial charge on any atom is -0.368 e. The zero-order chi connectivity index (χ0) is 28.3. The number of anilines is 1. The molecule has 2 fully saturated rings. The lowest BCUT2D eigenvalue weighted by atomic mass is 9.95. The molecule has 3 heterocycles. The van der Waals surface area contributed by atoms with Crippen molar-refractivity contribution in [2.45, 2.75) is 37.4 Å². The molecular weight excluding hydrogens is 544 g/mol. The fraction of sp³-hybridized carbons (Fsp3) is 0.414. The van der Waals surface area contributed by atoms with Gasteiger partial charge in [-0.05, 0) is 68.2 Å². The minimum atomic E-state index is -4.40. The summed E-state index contributed by atoms with van der Waals surface area (Å²) in [6, 6.07) is 11.2. The van der Waals surface area contributed by atoms with E-state index in [1.54, 1.807) is 28.5 Å². The summed E-state index contributed by atoms with van der Waals surface area (Å²) in [4.78, 5) is 35.3. The van der Waals surface area contributed by atoms with Crippen LogP contribution in [0.3, 0.4) is 0 Å². The highest BCUT2D eigenvalue weighted by atomic mass is 32.1. The number of benzene rings is 2. The lowest BCUT2D eigenvalue weighted by Crippen LogP contribution is -2.49. The molecule has 5 rings (SSSR count). The molecule has 0 saturated carbocycles. The molecule has 40 heavy (non-hydrogen) atoms. The minimum absolute atomic E-state index is 0.163. The first kappa shape index (κ1) is 28.2. The van der Waals surface area contributed by atoms with Crippen molar-refractivity contribution in [2.75, 3.05) is 44.2 Å². The van der Waals surface area contributed by atoms with Gasteiger partial charge in [-0.15, -0.1) is 11.3 Å². The summed E-state index contributed by atoms with van der Waals surface area (Å²) in [6.45, 7) is 3.16. The topological polar surface area (TPSA) is 56.8 Å². The second kappa shape index (κ2) is 12.1. The van der Waals surface area contributed by atoms with Crippen LogP contribution in [-0.2, 0) is 17.4 Å². The number of piperidine rings is 1. The Kier molecular flexibility index (Phi) is 8.51. The lowest BCUT2D eigenvalue weighted by Gasteiger charge is -2.36. The molecule has 0 aliphatic carbocycles. The summed E-state index contributed by atoms with van der Waals surface area (Å²) in [7, 11) is 0. The predicted molar refractivity (Wildman–Crippen MR) is 145 cm³/mol. The zero-order valence-corrected chi connectivity index (χ0v) is 22.6. The number of aldehydes is 1. The first-order valence-electron chi connectivity index (χ1n) is 13.3. The van der Waals surface area contributed by atoms with Gasteiger partial charge in [-0.1, -0.05) is 18.2 Å². The lowest BCUT2D eigenvalue weighted by molar-refractivity contribution is -0.137. The van der Waals surface area contributed by atoms with Crippen molar-refractivity contribution in [2.24, 2.45) is 0 Å². The van der Waals surface area contributed by atoms with Crippen LogP contribution in [0.4, 0.5) is 23.2 Å². The van der Waals surface area contributed by atoms with Crippen LogP contribution in [0.25, 0.3) is 0 Å². The van der Waals surface area contributed by atoms with E-state index in [1.807, 2.05) is 4.90 Å². The number of hydrogen-bond acceptors (Lipinski definition) is 6. The third-order valence-corrected chi connectivity index (χ3v) is 8.72. The second-order valence-electron chi connectivity index (χ2n) is 10.2. The molecule has 1 atom stereocenters. The normalized spacial score (nSPS) is 18.1. The quantitative estimate of drug-likeness (QED) is 0.285. The fourth-order valence-corrected chi connectivity index (χ4v) is 6.35. The highest BCUT2D eigenvalue weighted by Gasteiger charge is 2.32. The molecule has 2 aromatic carbocycles. The molecule has 2 aliphatic heterocycles. The first-order chi connectivity index (χ1) is 19.2. The highest BCUT2D eigenvalue weighted by molar-refractivity contribution is 7.09. The van der Waals surface area contributed by atoms with E-state index in [9.17, 15) is 27.2 Å². The van der Waals surface area contributed by atoms with Gasteiger partial charge in [0.2, 0.25) is 0 Å². The van der Waals surface area contributed by atoms with Crippen molar-refractivity contribution >= 4 is 29.2 Å².